The number of nitrogens with one attached hydrogen (secondary N) is 1. The first-order valence-electron chi connectivity index (χ1n) is 7.74. The van der Waals surface area contributed by atoms with E-state index >= 15 is 0 Å². The van der Waals surface area contributed by atoms with Crippen LogP contribution in [-0.4, -0.2) is 21.5 Å². The second kappa shape index (κ2) is 6.91. The first-order valence-corrected chi connectivity index (χ1v) is 9.77. The van der Waals surface area contributed by atoms with E-state index in [-0.39, 0.29) is 16.3 Å². The summed E-state index contributed by atoms with van der Waals surface area (Å²) in [5, 5.41) is 3.81. The van der Waals surface area contributed by atoms with Crippen molar-refractivity contribution in [3.05, 3.63) is 53.1 Å². The van der Waals surface area contributed by atoms with Gasteiger partial charge in [0.1, 0.15) is 5.69 Å². The molecule has 0 spiro atoms. The highest BCUT2D eigenvalue weighted by Gasteiger charge is 2.23. The maximum absolute atomic E-state index is 12.9. The van der Waals surface area contributed by atoms with Gasteiger partial charge in [0.15, 0.2) is 9.84 Å². The Morgan fingerprint density at radius 2 is 1.83 bits per heavy atom. The van der Waals surface area contributed by atoms with Crippen molar-refractivity contribution in [2.24, 2.45) is 5.11 Å². The summed E-state index contributed by atoms with van der Waals surface area (Å²) in [7, 11) is -3.66. The van der Waals surface area contributed by atoms with Crippen LogP contribution in [0.15, 0.2) is 52.5 Å². The van der Waals surface area contributed by atoms with E-state index in [1.54, 1.807) is 36.4 Å². The summed E-state index contributed by atoms with van der Waals surface area (Å²) in [5.74, 6) is -0.210. The summed E-state index contributed by atoms with van der Waals surface area (Å²) in [6, 6.07) is 11.9. The van der Waals surface area contributed by atoms with Crippen LogP contribution in [0.4, 0.5) is 11.4 Å². The van der Waals surface area contributed by atoms with Crippen LogP contribution < -0.4 is 4.90 Å². The molecule has 5 nitrogen and oxygen atoms in total. The molecule has 7 heteroatoms. The molecule has 1 aliphatic rings. The maximum Gasteiger partial charge on any atom is 0.184 e. The van der Waals surface area contributed by atoms with Crippen molar-refractivity contribution < 1.29 is 8.42 Å². The van der Waals surface area contributed by atoms with Crippen molar-refractivity contribution >= 4 is 32.8 Å². The predicted molar refractivity (Wildman–Crippen MR) is 95.0 cm³/mol. The van der Waals surface area contributed by atoms with E-state index in [0.29, 0.717) is 10.6 Å². The molecule has 1 heterocycles. The highest BCUT2D eigenvalue weighted by atomic mass is 35.5. The van der Waals surface area contributed by atoms with Crippen LogP contribution in [0.2, 0.25) is 5.02 Å². The van der Waals surface area contributed by atoms with Gasteiger partial charge in [-0.25, -0.2) is 13.9 Å². The second-order valence-electron chi connectivity index (χ2n) is 5.81. The predicted octanol–water partition coefficient (Wildman–Crippen LogP) is 4.58. The summed E-state index contributed by atoms with van der Waals surface area (Å²) in [6.45, 7) is 1.84. The maximum atomic E-state index is 12.9. The number of benzene rings is 2. The number of sulfone groups is 1. The number of hydrogen-bond donors (Lipinski definition) is 1. The molecule has 0 aromatic heterocycles. The van der Waals surface area contributed by atoms with Gasteiger partial charge in [0, 0.05) is 23.8 Å². The molecule has 2 aromatic carbocycles. The van der Waals surface area contributed by atoms with Crippen LogP contribution in [0.3, 0.4) is 0 Å². The van der Waals surface area contributed by atoms with Crippen LogP contribution in [0.1, 0.15) is 18.4 Å². The van der Waals surface area contributed by atoms with E-state index in [9.17, 15) is 8.42 Å². The molecule has 0 radical (unpaired) electrons. The van der Waals surface area contributed by atoms with Gasteiger partial charge in [-0.1, -0.05) is 29.8 Å². The lowest BCUT2D eigenvalue weighted by Gasteiger charge is -2.19. The quantitative estimate of drug-likeness (QED) is 0.790. The third-order valence-electron chi connectivity index (χ3n) is 4.17. The Bertz CT molecular complexity index is 862. The summed E-state index contributed by atoms with van der Waals surface area (Å²) in [5.41, 5.74) is 8.85. The molecule has 0 atom stereocenters. The average Bonchev–Trinajstić information content (AvgIpc) is 3.11. The van der Waals surface area contributed by atoms with Crippen molar-refractivity contribution in [3.63, 3.8) is 0 Å². The fourth-order valence-electron chi connectivity index (χ4n) is 2.91. The lowest BCUT2D eigenvalue weighted by Crippen LogP contribution is -2.18. The minimum Gasteiger partial charge on any atom is -0.371 e. The highest BCUT2D eigenvalue weighted by Crippen LogP contribution is 2.33. The summed E-state index contributed by atoms with van der Waals surface area (Å²) in [6.07, 6.45) is 2.21. The second-order valence-corrected chi connectivity index (χ2v) is 8.17. The van der Waals surface area contributed by atoms with Gasteiger partial charge in [-0.2, -0.15) is 5.11 Å². The van der Waals surface area contributed by atoms with Crippen LogP contribution in [0.5, 0.6) is 0 Å². The van der Waals surface area contributed by atoms with Gasteiger partial charge >= 0.3 is 0 Å². The van der Waals surface area contributed by atoms with Crippen LogP contribution >= 0.6 is 11.6 Å². The molecule has 2 aromatic rings. The van der Waals surface area contributed by atoms with Gasteiger partial charge in [-0.05, 0) is 42.7 Å². The molecule has 3 rings (SSSR count). The Morgan fingerprint density at radius 1 is 1.12 bits per heavy atom. The van der Waals surface area contributed by atoms with Crippen LogP contribution in [0.25, 0.3) is 0 Å². The number of rotatable bonds is 5. The first kappa shape index (κ1) is 16.9. The van der Waals surface area contributed by atoms with E-state index in [2.05, 4.69) is 10.0 Å². The molecule has 1 fully saturated rings. The van der Waals surface area contributed by atoms with Crippen molar-refractivity contribution in [2.75, 3.05) is 18.0 Å². The van der Waals surface area contributed by atoms with Crippen molar-refractivity contribution in [2.45, 2.75) is 23.5 Å². The molecule has 0 bridgehead atoms. The molecule has 0 aliphatic carbocycles. The van der Waals surface area contributed by atoms with E-state index in [1.807, 2.05) is 6.07 Å². The van der Waals surface area contributed by atoms with Crippen LogP contribution in [-0.2, 0) is 15.6 Å². The molecule has 126 valence electrons. The fraction of sp³-hybridized carbons (Fsp3) is 0.294. The minimum atomic E-state index is -3.66. The molecule has 1 saturated heterocycles. The van der Waals surface area contributed by atoms with Gasteiger partial charge < -0.3 is 4.90 Å². The smallest absolute Gasteiger partial charge is 0.184 e. The highest BCUT2D eigenvalue weighted by molar-refractivity contribution is 7.90. The summed E-state index contributed by atoms with van der Waals surface area (Å²) in [4.78, 5) is 2.24. The molecular weight excluding hydrogens is 346 g/mol. The van der Waals surface area contributed by atoms with E-state index in [0.717, 1.165) is 31.6 Å². The molecule has 1 aliphatic heterocycles. The van der Waals surface area contributed by atoms with E-state index < -0.39 is 9.84 Å². The largest absolute Gasteiger partial charge is 0.371 e. The monoisotopic (exact) mass is 363 g/mol. The van der Waals surface area contributed by atoms with Gasteiger partial charge in [0.05, 0.1) is 10.6 Å². The number of nitrogens with zero attached hydrogens (tertiary/aromatic N) is 2. The van der Waals surface area contributed by atoms with Crippen molar-refractivity contribution in [3.8, 4) is 0 Å². The summed E-state index contributed by atoms with van der Waals surface area (Å²) < 4.78 is 25.8. The zero-order valence-electron chi connectivity index (χ0n) is 13.1. The molecule has 0 amide bonds. The molecule has 1 N–H and O–H groups in total. The Labute approximate surface area is 146 Å². The van der Waals surface area contributed by atoms with Gasteiger partial charge in [0.25, 0.3) is 0 Å². The normalized spacial score (nSPS) is 14.8. The summed E-state index contributed by atoms with van der Waals surface area (Å²) >= 11 is 6.09. The van der Waals surface area contributed by atoms with Crippen LogP contribution in [0, 0.1) is 5.53 Å². The zero-order chi connectivity index (χ0) is 17.2. The third kappa shape index (κ3) is 3.44. The van der Waals surface area contributed by atoms with Gasteiger partial charge in [-0.3, -0.25) is 0 Å². The molecule has 0 unspecified atom stereocenters. The minimum absolute atomic E-state index is 0.0850. The standard InChI is InChI=1S/C17H18ClN3O2S/c18-15-6-2-1-5-13(15)12-24(22,23)17-11-14(7-8-16(17)20-19)21-9-3-4-10-21/h1-2,5-8,11,19H,3-4,9-10,12H2. The van der Waals surface area contributed by atoms with Crippen molar-refractivity contribution in [1.29, 1.82) is 5.53 Å². The Balaban J connectivity index is 2.00. The third-order valence-corrected chi connectivity index (χ3v) is 6.23. The van der Waals surface area contributed by atoms with E-state index in [4.69, 9.17) is 17.1 Å². The average molecular weight is 364 g/mol. The number of hydrogen-bond acceptors (Lipinski definition) is 5. The van der Waals surface area contributed by atoms with E-state index in [1.165, 1.54) is 0 Å². The Morgan fingerprint density at radius 3 is 2.50 bits per heavy atom. The Hall–Kier alpha value is -1.92. The van der Waals surface area contributed by atoms with Gasteiger partial charge in [-0.15, -0.1) is 0 Å². The number of anilines is 1. The fourth-order valence-corrected chi connectivity index (χ4v) is 4.75. The molecule has 24 heavy (non-hydrogen) atoms. The van der Waals surface area contributed by atoms with Gasteiger partial charge in [0.2, 0.25) is 0 Å². The zero-order valence-corrected chi connectivity index (χ0v) is 14.6. The lowest BCUT2D eigenvalue weighted by atomic mass is 10.2. The SMILES string of the molecule is N=Nc1ccc(N2CCCC2)cc1S(=O)(=O)Cc1ccccc1Cl. The molecular formula is C17H18ClN3O2S. The lowest BCUT2D eigenvalue weighted by molar-refractivity contribution is 0.595. The first-order chi connectivity index (χ1) is 11.5. The van der Waals surface area contributed by atoms with Crippen molar-refractivity contribution in [1.82, 2.24) is 0 Å². The number of halogens is 1. The topological polar surface area (TPSA) is 73.6 Å². The molecule has 0 saturated carbocycles. The Kier molecular flexibility index (Phi) is 4.87.